The molecule has 606 valence electrons. The standard InChI is InChI=1S/C20H17NO.C19H15NO.C18H19NO2.C17H17NO2.C16H15NO2.C15H13NO2/c1-14-7-9-15(10-8-14)21-19-6-4-3-5-17(19)18-13-16(22-2)11-12-20(18)21;1-21-15-11-12-19-17(13-15)16-9-5-6-10-18(16)20(19)14-7-3-2-4-8-14;1-3-4-9-18(20)19-16-8-6-5-7-14(16)15-12-13(21-2)10-11-17(15)19;1-3-6-17(19)18-15-8-5-4-7-13(15)14-11-12(20-2)9-10-16(14)18;1-3-16(18)17-14-7-5-4-6-12(14)13-10-11(19-2)8-9-15(13)17;1-10(17)16-14-6-4-3-5-12(14)13-9-11(18-2)7-8-15(13)16/h3-13H,1-2H3;2-13H,1H3;5-8,10-12H,3-4,9H2,1-2H3;4-5,7-11H,3,6H2,1-2H3;4-10H,3H2,1-2H3;3-9H,1-2H3. The number of methoxy groups -OCH3 is 6. The molecule has 20 aromatic rings. The Morgan fingerprint density at radius 3 is 0.810 bits per heavy atom. The molecule has 0 bridgehead atoms. The van der Waals surface area contributed by atoms with Crippen LogP contribution in [0.15, 0.2) is 309 Å². The summed E-state index contributed by atoms with van der Waals surface area (Å²) in [5, 5.41) is 13.5. The van der Waals surface area contributed by atoms with Gasteiger partial charge < -0.3 is 37.6 Å². The third kappa shape index (κ3) is 16.1. The van der Waals surface area contributed by atoms with Crippen LogP contribution >= 0.6 is 0 Å². The second-order valence-electron chi connectivity index (χ2n) is 29.5. The monoisotopic (exact) mass is 1600 g/mol. The van der Waals surface area contributed by atoms with Crippen molar-refractivity contribution in [2.45, 2.75) is 73.1 Å². The first-order valence-corrected chi connectivity index (χ1v) is 40.8. The third-order valence-electron chi connectivity index (χ3n) is 22.2. The fourth-order valence-electron chi connectivity index (χ4n) is 16.4. The molecule has 121 heavy (non-hydrogen) atoms. The van der Waals surface area contributed by atoms with Gasteiger partial charge >= 0.3 is 0 Å². The van der Waals surface area contributed by atoms with Crippen LogP contribution in [0.1, 0.15) is 91.0 Å². The molecule has 6 heterocycles. The number of unbranched alkanes of at least 4 members (excludes halogenated alkanes) is 1. The summed E-state index contributed by atoms with van der Waals surface area (Å²) < 4.78 is 43.7. The lowest BCUT2D eigenvalue weighted by Crippen LogP contribution is -2.09. The van der Waals surface area contributed by atoms with Gasteiger partial charge in [-0.2, -0.15) is 0 Å². The molecule has 16 heteroatoms. The van der Waals surface area contributed by atoms with Crippen molar-refractivity contribution in [3.63, 3.8) is 0 Å². The lowest BCUT2D eigenvalue weighted by atomic mass is 10.1. The number of aryl methyl sites for hydroxylation is 1. The van der Waals surface area contributed by atoms with E-state index in [1.807, 2.05) is 205 Å². The second kappa shape index (κ2) is 36.5. The Morgan fingerprint density at radius 1 is 0.248 bits per heavy atom. The molecular weight excluding hydrogens is 1510 g/mol. The number of hydrogen-bond acceptors (Lipinski definition) is 10. The summed E-state index contributed by atoms with van der Waals surface area (Å²) >= 11 is 0. The summed E-state index contributed by atoms with van der Waals surface area (Å²) in [6.07, 6.45) is 4.42. The molecule has 0 fully saturated rings. The summed E-state index contributed by atoms with van der Waals surface area (Å²) in [4.78, 5) is 49.0. The van der Waals surface area contributed by atoms with E-state index in [2.05, 4.69) is 150 Å². The second-order valence-corrected chi connectivity index (χ2v) is 29.5. The van der Waals surface area contributed by atoms with Gasteiger partial charge in [0.25, 0.3) is 0 Å². The zero-order chi connectivity index (χ0) is 84.4. The molecule has 0 aliphatic carbocycles. The molecule has 0 saturated heterocycles. The van der Waals surface area contributed by atoms with Gasteiger partial charge in [-0.1, -0.05) is 172 Å². The Balaban J connectivity index is 0.000000113. The van der Waals surface area contributed by atoms with Gasteiger partial charge in [-0.05, 0) is 190 Å². The molecule has 14 aromatic carbocycles. The summed E-state index contributed by atoms with van der Waals surface area (Å²) in [5.74, 6) is 5.43. The van der Waals surface area contributed by atoms with Crippen LogP contribution < -0.4 is 28.4 Å². The molecule has 0 spiro atoms. The maximum absolute atomic E-state index is 12.6. The minimum Gasteiger partial charge on any atom is -0.497 e. The topological polar surface area (TPSA) is 153 Å². The number of ether oxygens (including phenoxy) is 6. The number of hydrogen-bond donors (Lipinski definition) is 0. The summed E-state index contributed by atoms with van der Waals surface area (Å²) in [5.41, 5.74) is 16.1. The zero-order valence-electron chi connectivity index (χ0n) is 70.0. The van der Waals surface area contributed by atoms with Gasteiger partial charge in [-0.25, -0.2) is 0 Å². The first kappa shape index (κ1) is 81.5. The lowest BCUT2D eigenvalue weighted by molar-refractivity contribution is 0.0902. The largest absolute Gasteiger partial charge is 0.497 e. The molecule has 0 N–H and O–H groups in total. The predicted octanol–water partition coefficient (Wildman–Crippen LogP) is 26.1. The Bertz CT molecular complexity index is 7220. The number of carbonyl (C=O) groups excluding carboxylic acids is 4. The van der Waals surface area contributed by atoms with Gasteiger partial charge in [0.15, 0.2) is 0 Å². The van der Waals surface area contributed by atoms with Crippen molar-refractivity contribution in [3.8, 4) is 45.9 Å². The molecule has 0 atom stereocenters. The minimum atomic E-state index is 0.0198. The average molecular weight is 1600 g/mol. The van der Waals surface area contributed by atoms with Crippen molar-refractivity contribution >= 4 is 154 Å². The maximum atomic E-state index is 12.6. The Morgan fingerprint density at radius 2 is 0.496 bits per heavy atom. The molecule has 0 unspecified atom stereocenters. The number of benzene rings is 14. The van der Waals surface area contributed by atoms with Crippen LogP contribution in [0.25, 0.3) is 142 Å². The van der Waals surface area contributed by atoms with Gasteiger partial charge in [-0.15, -0.1) is 0 Å². The van der Waals surface area contributed by atoms with Gasteiger partial charge in [0.1, 0.15) is 34.5 Å². The summed E-state index contributed by atoms with van der Waals surface area (Å²) in [6, 6.07) is 104. The third-order valence-corrected chi connectivity index (χ3v) is 22.2. The fourth-order valence-corrected chi connectivity index (χ4v) is 16.4. The van der Waals surface area contributed by atoms with Crippen LogP contribution in [0.2, 0.25) is 0 Å². The van der Waals surface area contributed by atoms with E-state index < -0.39 is 0 Å². The van der Waals surface area contributed by atoms with E-state index in [1.165, 1.54) is 60.5 Å². The molecular formula is C105H96N6O10. The van der Waals surface area contributed by atoms with Gasteiger partial charge in [0, 0.05) is 102 Å². The van der Waals surface area contributed by atoms with Crippen LogP contribution in [-0.4, -0.2) is 93.7 Å². The molecule has 0 aliphatic heterocycles. The number of rotatable bonds is 14. The van der Waals surface area contributed by atoms with E-state index in [0.29, 0.717) is 19.3 Å². The molecule has 0 aliphatic rings. The smallest absolute Gasteiger partial charge is 0.231 e. The fraction of sp³-hybridized carbons (Fsp3) is 0.162. The van der Waals surface area contributed by atoms with Crippen molar-refractivity contribution in [2.24, 2.45) is 0 Å². The highest BCUT2D eigenvalue weighted by molar-refractivity contribution is 6.18. The van der Waals surface area contributed by atoms with Crippen molar-refractivity contribution in [2.75, 3.05) is 42.7 Å². The van der Waals surface area contributed by atoms with Gasteiger partial charge in [-0.3, -0.25) is 37.4 Å². The lowest BCUT2D eigenvalue weighted by Gasteiger charge is -2.08. The van der Waals surface area contributed by atoms with Crippen molar-refractivity contribution in [1.29, 1.82) is 0 Å². The Labute approximate surface area is 702 Å². The van der Waals surface area contributed by atoms with E-state index in [4.69, 9.17) is 28.4 Å². The highest BCUT2D eigenvalue weighted by Gasteiger charge is 2.22. The number of para-hydroxylation sites is 7. The number of carbonyl (C=O) groups is 4. The van der Waals surface area contributed by atoms with Crippen LogP contribution in [0.4, 0.5) is 0 Å². The molecule has 0 saturated carbocycles. The molecule has 20 rings (SSSR count). The zero-order valence-corrected chi connectivity index (χ0v) is 70.0. The maximum Gasteiger partial charge on any atom is 0.231 e. The predicted molar refractivity (Wildman–Crippen MR) is 496 cm³/mol. The first-order valence-electron chi connectivity index (χ1n) is 40.8. The van der Waals surface area contributed by atoms with E-state index >= 15 is 0 Å². The molecule has 6 aromatic heterocycles. The van der Waals surface area contributed by atoms with E-state index in [-0.39, 0.29) is 23.6 Å². The van der Waals surface area contributed by atoms with Crippen LogP contribution in [0.3, 0.4) is 0 Å². The molecule has 0 amide bonds. The highest BCUT2D eigenvalue weighted by atomic mass is 16.5. The van der Waals surface area contributed by atoms with E-state index in [0.717, 1.165) is 141 Å². The van der Waals surface area contributed by atoms with Crippen LogP contribution in [0.5, 0.6) is 34.5 Å². The number of nitrogens with zero attached hydrogens (tertiary/aromatic N) is 6. The van der Waals surface area contributed by atoms with Crippen LogP contribution in [0, 0.1) is 6.92 Å². The Kier molecular flexibility index (Phi) is 24.6. The minimum absolute atomic E-state index is 0.0198. The van der Waals surface area contributed by atoms with E-state index in [1.54, 1.807) is 58.7 Å². The van der Waals surface area contributed by atoms with Gasteiger partial charge in [0.2, 0.25) is 23.6 Å². The van der Waals surface area contributed by atoms with E-state index in [9.17, 15) is 19.2 Å². The molecule has 0 radical (unpaired) electrons. The summed E-state index contributed by atoms with van der Waals surface area (Å²) in [7, 11) is 10.0. The molecule has 16 nitrogen and oxygen atoms in total. The normalized spacial score (nSPS) is 11.1. The van der Waals surface area contributed by atoms with Gasteiger partial charge in [0.05, 0.1) is 109 Å². The van der Waals surface area contributed by atoms with Crippen LogP contribution in [-0.2, 0) is 0 Å². The van der Waals surface area contributed by atoms with Crippen molar-refractivity contribution in [1.82, 2.24) is 27.4 Å². The Hall–Kier alpha value is -14.6. The quantitative estimate of drug-likeness (QED) is 0.103. The number of aromatic nitrogens is 6. The average Bonchev–Trinajstić information content (AvgIpc) is 1.62. The highest BCUT2D eigenvalue weighted by Crippen LogP contribution is 2.40. The first-order chi connectivity index (χ1) is 59.1. The SMILES string of the molecule is CCC(=O)n1c2ccccc2c2cc(OC)ccc21.CCCC(=O)n1c2ccccc2c2cc(OC)ccc21.CCCCC(=O)n1c2ccccc2c2cc(OC)ccc21.COc1ccc2c(c1)c1ccccc1n2-c1ccc(C)cc1.COc1ccc2c(c1)c1ccccc1n2-c1ccccc1.COc1ccc2c(c1)c1ccccc1n2C(C)=O. The van der Waals surface area contributed by atoms with Crippen molar-refractivity contribution in [3.05, 3.63) is 315 Å². The number of fused-ring (bicyclic) bond motifs is 18. The van der Waals surface area contributed by atoms with Crippen molar-refractivity contribution < 1.29 is 47.6 Å². The summed E-state index contributed by atoms with van der Waals surface area (Å²) in [6.45, 7) is 9.70.